The largest absolute Gasteiger partial charge is 0.338 e. The fraction of sp³-hybridized carbons (Fsp3) is 0.615. The third-order valence-corrected chi connectivity index (χ3v) is 4.70. The number of carbonyl (C=O) groups excluding carboxylic acids is 1. The van der Waals surface area contributed by atoms with Crippen molar-refractivity contribution in [3.63, 3.8) is 0 Å². The van der Waals surface area contributed by atoms with Gasteiger partial charge in [-0.1, -0.05) is 5.11 Å². The Hall–Kier alpha value is -1.56. The first kappa shape index (κ1) is 14.8. The van der Waals surface area contributed by atoms with Crippen LogP contribution in [0, 0.1) is 0 Å². The number of hydrogen-bond donors (Lipinski definition) is 0. The zero-order valence-electron chi connectivity index (χ0n) is 11.8. The molecule has 2 rings (SSSR count). The first-order valence-corrected chi connectivity index (χ1v) is 7.48. The molecule has 7 heteroatoms. The first-order chi connectivity index (χ1) is 9.61. The fourth-order valence-corrected chi connectivity index (χ4v) is 3.31. The Kier molecular flexibility index (Phi) is 5.00. The quantitative estimate of drug-likeness (QED) is 0.486. The summed E-state index contributed by atoms with van der Waals surface area (Å²) < 4.78 is 0. The van der Waals surface area contributed by atoms with Gasteiger partial charge < -0.3 is 9.80 Å². The number of azide groups is 1. The van der Waals surface area contributed by atoms with Crippen molar-refractivity contribution in [2.45, 2.75) is 25.4 Å². The van der Waals surface area contributed by atoms with Crippen molar-refractivity contribution in [2.75, 3.05) is 27.2 Å². The molecule has 108 valence electrons. The van der Waals surface area contributed by atoms with Gasteiger partial charge in [0.25, 0.3) is 5.91 Å². The normalized spacial score (nSPS) is 16.2. The van der Waals surface area contributed by atoms with Gasteiger partial charge in [0.2, 0.25) is 0 Å². The molecule has 1 amide bonds. The third kappa shape index (κ3) is 3.50. The molecule has 1 aliphatic rings. The van der Waals surface area contributed by atoms with Crippen molar-refractivity contribution in [3.05, 3.63) is 32.3 Å². The minimum atomic E-state index is 0.0967. The van der Waals surface area contributed by atoms with E-state index in [1.807, 2.05) is 17.0 Å². The van der Waals surface area contributed by atoms with Gasteiger partial charge in [-0.25, -0.2) is 0 Å². The zero-order valence-corrected chi connectivity index (χ0v) is 12.6. The van der Waals surface area contributed by atoms with Gasteiger partial charge in [0, 0.05) is 28.9 Å². The van der Waals surface area contributed by atoms with Crippen molar-refractivity contribution in [2.24, 2.45) is 5.11 Å². The topological polar surface area (TPSA) is 72.3 Å². The highest BCUT2D eigenvalue weighted by molar-refractivity contribution is 7.14. The van der Waals surface area contributed by atoms with Gasteiger partial charge in [-0.15, -0.1) is 11.3 Å². The average molecular weight is 293 g/mol. The Balaban J connectivity index is 1.95. The number of carbonyl (C=O) groups is 1. The van der Waals surface area contributed by atoms with Gasteiger partial charge in [-0.3, -0.25) is 4.79 Å². The Bertz CT molecular complexity index is 513. The monoisotopic (exact) mass is 293 g/mol. The summed E-state index contributed by atoms with van der Waals surface area (Å²) >= 11 is 1.42. The van der Waals surface area contributed by atoms with Crippen molar-refractivity contribution < 1.29 is 4.79 Å². The van der Waals surface area contributed by atoms with E-state index in [4.69, 9.17) is 5.53 Å². The Morgan fingerprint density at radius 1 is 1.50 bits per heavy atom. The summed E-state index contributed by atoms with van der Waals surface area (Å²) in [6.07, 6.45) is 2.05. The van der Waals surface area contributed by atoms with Crippen LogP contribution in [0.5, 0.6) is 0 Å². The van der Waals surface area contributed by atoms with Crippen molar-refractivity contribution in [3.8, 4) is 0 Å². The predicted molar refractivity (Wildman–Crippen MR) is 79.8 cm³/mol. The van der Waals surface area contributed by atoms with E-state index in [1.54, 1.807) is 0 Å². The Morgan fingerprint density at radius 3 is 2.80 bits per heavy atom. The van der Waals surface area contributed by atoms with Gasteiger partial charge in [0.15, 0.2) is 0 Å². The van der Waals surface area contributed by atoms with E-state index in [1.165, 1.54) is 11.3 Å². The van der Waals surface area contributed by atoms with Gasteiger partial charge in [0.05, 0.1) is 11.4 Å². The fourth-order valence-electron chi connectivity index (χ4n) is 2.42. The van der Waals surface area contributed by atoms with Crippen LogP contribution >= 0.6 is 11.3 Å². The second-order valence-corrected chi connectivity index (χ2v) is 6.31. The molecule has 0 bridgehead atoms. The van der Waals surface area contributed by atoms with E-state index in [-0.39, 0.29) is 5.91 Å². The Morgan fingerprint density at radius 2 is 2.20 bits per heavy atom. The summed E-state index contributed by atoms with van der Waals surface area (Å²) in [5.41, 5.74) is 8.30. The van der Waals surface area contributed by atoms with Gasteiger partial charge in [-0.2, -0.15) is 0 Å². The molecule has 1 fully saturated rings. The van der Waals surface area contributed by atoms with Gasteiger partial charge in [0.1, 0.15) is 0 Å². The number of amides is 1. The highest BCUT2D eigenvalue weighted by Crippen LogP contribution is 2.22. The van der Waals surface area contributed by atoms with Crippen molar-refractivity contribution in [1.82, 2.24) is 9.80 Å². The second kappa shape index (κ2) is 6.74. The SMILES string of the molecule is CN(C)C1CCN(C(=O)c2ccc(CN=[N+]=[N-])s2)CC1. The summed E-state index contributed by atoms with van der Waals surface area (Å²) in [4.78, 5) is 20.9. The number of likely N-dealkylation sites (tertiary alicyclic amines) is 1. The molecule has 0 unspecified atom stereocenters. The van der Waals surface area contributed by atoms with Crippen molar-refractivity contribution >= 4 is 17.2 Å². The van der Waals surface area contributed by atoms with E-state index in [9.17, 15) is 4.79 Å². The van der Waals surface area contributed by atoms with E-state index >= 15 is 0 Å². The maximum Gasteiger partial charge on any atom is 0.263 e. The molecule has 0 aliphatic carbocycles. The van der Waals surface area contributed by atoms with Gasteiger partial charge >= 0.3 is 0 Å². The second-order valence-electron chi connectivity index (χ2n) is 5.14. The van der Waals surface area contributed by atoms with E-state index in [2.05, 4.69) is 29.0 Å². The summed E-state index contributed by atoms with van der Waals surface area (Å²) in [5.74, 6) is 0.0967. The molecule has 1 saturated heterocycles. The number of hydrogen-bond acceptors (Lipinski definition) is 4. The van der Waals surface area contributed by atoms with Crippen LogP contribution in [-0.4, -0.2) is 48.9 Å². The van der Waals surface area contributed by atoms with E-state index < -0.39 is 0 Å². The smallest absolute Gasteiger partial charge is 0.263 e. The minimum absolute atomic E-state index is 0.0967. The van der Waals surface area contributed by atoms with Crippen LogP contribution < -0.4 is 0 Å². The highest BCUT2D eigenvalue weighted by Gasteiger charge is 2.25. The van der Waals surface area contributed by atoms with E-state index in [0.29, 0.717) is 12.6 Å². The number of nitrogens with zero attached hydrogens (tertiary/aromatic N) is 5. The first-order valence-electron chi connectivity index (χ1n) is 6.67. The maximum absolute atomic E-state index is 12.4. The van der Waals surface area contributed by atoms with Crippen LogP contribution in [0.1, 0.15) is 27.4 Å². The molecule has 0 N–H and O–H groups in total. The number of rotatable bonds is 4. The van der Waals surface area contributed by atoms with Crippen LogP contribution in [0.3, 0.4) is 0 Å². The predicted octanol–water partition coefficient (Wildman–Crippen LogP) is 2.72. The molecule has 0 spiro atoms. The summed E-state index contributed by atoms with van der Waals surface area (Å²) in [6, 6.07) is 4.26. The minimum Gasteiger partial charge on any atom is -0.338 e. The molecule has 1 aromatic rings. The molecular weight excluding hydrogens is 274 g/mol. The average Bonchev–Trinajstić information content (AvgIpc) is 2.93. The Labute approximate surface area is 122 Å². The molecule has 0 radical (unpaired) electrons. The standard InChI is InChI=1S/C13H19N5OS/c1-17(2)10-5-7-18(8-6-10)13(19)12-4-3-11(20-12)9-15-16-14/h3-4,10H,5-9H2,1-2H3. The summed E-state index contributed by atoms with van der Waals surface area (Å²) in [5, 5.41) is 3.52. The molecule has 1 aromatic heterocycles. The molecule has 6 nitrogen and oxygen atoms in total. The molecule has 0 saturated carbocycles. The van der Waals surface area contributed by atoms with Crippen molar-refractivity contribution in [1.29, 1.82) is 0 Å². The molecular formula is C13H19N5OS. The molecule has 1 aliphatic heterocycles. The third-order valence-electron chi connectivity index (χ3n) is 3.64. The molecule has 20 heavy (non-hydrogen) atoms. The number of thiophene rings is 1. The summed E-state index contributed by atoms with van der Waals surface area (Å²) in [7, 11) is 4.17. The molecule has 2 heterocycles. The molecule has 0 atom stereocenters. The van der Waals surface area contributed by atoms with E-state index in [0.717, 1.165) is 35.7 Å². The lowest BCUT2D eigenvalue weighted by molar-refractivity contribution is 0.0668. The lowest BCUT2D eigenvalue weighted by Crippen LogP contribution is -2.44. The summed E-state index contributed by atoms with van der Waals surface area (Å²) in [6.45, 7) is 1.94. The van der Waals surface area contributed by atoms with Crippen LogP contribution in [0.4, 0.5) is 0 Å². The highest BCUT2D eigenvalue weighted by atomic mass is 32.1. The van der Waals surface area contributed by atoms with Crippen LogP contribution in [0.25, 0.3) is 10.4 Å². The zero-order chi connectivity index (χ0) is 14.5. The van der Waals surface area contributed by atoms with Gasteiger partial charge in [-0.05, 0) is 44.6 Å². The van der Waals surface area contributed by atoms with Crippen LogP contribution in [0.15, 0.2) is 17.2 Å². The molecule has 0 aromatic carbocycles. The maximum atomic E-state index is 12.4. The lowest BCUT2D eigenvalue weighted by atomic mass is 10.0. The van der Waals surface area contributed by atoms with Crippen LogP contribution in [0.2, 0.25) is 0 Å². The lowest BCUT2D eigenvalue weighted by Gasteiger charge is -2.35. The van der Waals surface area contributed by atoms with Crippen LogP contribution in [-0.2, 0) is 6.54 Å². The number of piperidine rings is 1.